The largest absolute Gasteiger partial charge is 0.305 e. The first-order chi connectivity index (χ1) is 11.5. The molecule has 2 aromatic carbocycles. The zero-order valence-corrected chi connectivity index (χ0v) is 14.2. The fourth-order valence-electron chi connectivity index (χ4n) is 2.77. The van der Waals surface area contributed by atoms with Crippen LogP contribution in [0.1, 0.15) is 22.8 Å². The maximum Gasteiger partial charge on any atom is 0.159 e. The van der Waals surface area contributed by atoms with Gasteiger partial charge in [0.15, 0.2) is 5.78 Å². The van der Waals surface area contributed by atoms with Crippen molar-refractivity contribution in [3.8, 4) is 17.1 Å². The summed E-state index contributed by atoms with van der Waals surface area (Å²) < 4.78 is 2.02. The van der Waals surface area contributed by atoms with Crippen LogP contribution < -0.4 is 0 Å². The Morgan fingerprint density at radius 3 is 2.67 bits per heavy atom. The highest BCUT2D eigenvalue weighted by atomic mass is 16.1. The van der Waals surface area contributed by atoms with E-state index in [1.54, 1.807) is 13.1 Å². The van der Waals surface area contributed by atoms with E-state index in [-0.39, 0.29) is 5.78 Å². The second-order valence-electron chi connectivity index (χ2n) is 6.17. The lowest BCUT2D eigenvalue weighted by Crippen LogP contribution is -2.10. The van der Waals surface area contributed by atoms with E-state index in [4.69, 9.17) is 0 Å². The summed E-state index contributed by atoms with van der Waals surface area (Å²) in [6.45, 7) is 2.47. The highest BCUT2D eigenvalue weighted by molar-refractivity contribution is 5.94. The molecule has 1 aromatic heterocycles. The van der Waals surface area contributed by atoms with Crippen molar-refractivity contribution < 1.29 is 4.79 Å². The summed E-state index contributed by atoms with van der Waals surface area (Å²) in [5.41, 5.74) is 3.94. The molecule has 0 radical (unpaired) electrons. The van der Waals surface area contributed by atoms with Crippen LogP contribution in [0.5, 0.6) is 0 Å². The van der Waals surface area contributed by atoms with Crippen molar-refractivity contribution in [1.82, 2.24) is 14.5 Å². The van der Waals surface area contributed by atoms with Crippen molar-refractivity contribution in [3.05, 3.63) is 72.1 Å². The minimum absolute atomic E-state index is 0.0616. The molecule has 4 heteroatoms. The van der Waals surface area contributed by atoms with Crippen molar-refractivity contribution in [2.24, 2.45) is 0 Å². The molecule has 1 heterocycles. The van der Waals surface area contributed by atoms with E-state index in [1.165, 1.54) is 5.56 Å². The average Bonchev–Trinajstić information content (AvgIpc) is 3.04. The minimum Gasteiger partial charge on any atom is -0.305 e. The highest BCUT2D eigenvalue weighted by Gasteiger charge is 2.10. The fourth-order valence-corrected chi connectivity index (χ4v) is 2.77. The van der Waals surface area contributed by atoms with Crippen molar-refractivity contribution in [2.75, 3.05) is 14.1 Å². The predicted molar refractivity (Wildman–Crippen MR) is 96.4 cm³/mol. The standard InChI is InChI=1S/C20H21N3O/c1-15(24)17-7-5-9-19(13-17)23-11-10-21-20(23)18-8-4-6-16(12-18)14-22(2)3/h4-13H,14H2,1-3H3. The van der Waals surface area contributed by atoms with Crippen LogP contribution in [0.3, 0.4) is 0 Å². The Balaban J connectivity index is 2.02. The van der Waals surface area contributed by atoms with Crippen molar-refractivity contribution in [2.45, 2.75) is 13.5 Å². The Hall–Kier alpha value is -2.72. The van der Waals surface area contributed by atoms with Crippen molar-refractivity contribution in [3.63, 3.8) is 0 Å². The van der Waals surface area contributed by atoms with Gasteiger partial charge in [-0.05, 0) is 44.8 Å². The molecular weight excluding hydrogens is 298 g/mol. The summed E-state index contributed by atoms with van der Waals surface area (Å²) in [4.78, 5) is 18.3. The molecule has 0 bridgehead atoms. The normalized spacial score (nSPS) is 11.0. The van der Waals surface area contributed by atoms with Crippen LogP contribution in [0.2, 0.25) is 0 Å². The van der Waals surface area contributed by atoms with Crippen LogP contribution in [0.4, 0.5) is 0 Å². The lowest BCUT2D eigenvalue weighted by Gasteiger charge is -2.12. The SMILES string of the molecule is CC(=O)c1cccc(-n2ccnc2-c2cccc(CN(C)C)c2)c1. The second kappa shape index (κ2) is 6.81. The van der Waals surface area contributed by atoms with Gasteiger partial charge in [0, 0.05) is 35.8 Å². The molecule has 3 rings (SSSR count). The van der Waals surface area contributed by atoms with Gasteiger partial charge in [-0.1, -0.05) is 30.3 Å². The van der Waals surface area contributed by atoms with E-state index in [2.05, 4.69) is 48.2 Å². The first-order valence-corrected chi connectivity index (χ1v) is 7.93. The van der Waals surface area contributed by atoms with Crippen molar-refractivity contribution in [1.29, 1.82) is 0 Å². The number of nitrogens with zero attached hydrogens (tertiary/aromatic N) is 3. The first-order valence-electron chi connectivity index (χ1n) is 7.93. The summed E-state index contributed by atoms with van der Waals surface area (Å²) >= 11 is 0. The molecule has 4 nitrogen and oxygen atoms in total. The first kappa shape index (κ1) is 16.1. The zero-order valence-electron chi connectivity index (χ0n) is 14.2. The van der Waals surface area contributed by atoms with Gasteiger partial charge in [-0.25, -0.2) is 4.98 Å². The molecule has 0 aliphatic carbocycles. The molecule has 0 saturated heterocycles. The smallest absolute Gasteiger partial charge is 0.159 e. The maximum atomic E-state index is 11.6. The molecule has 0 fully saturated rings. The van der Waals surface area contributed by atoms with Gasteiger partial charge >= 0.3 is 0 Å². The number of carbonyl (C=O) groups is 1. The lowest BCUT2D eigenvalue weighted by molar-refractivity contribution is 0.101. The molecule has 24 heavy (non-hydrogen) atoms. The predicted octanol–water partition coefficient (Wildman–Crippen LogP) is 3.80. The van der Waals surface area contributed by atoms with Gasteiger partial charge in [0.05, 0.1) is 0 Å². The van der Waals surface area contributed by atoms with E-state index in [1.807, 2.05) is 35.0 Å². The average molecular weight is 319 g/mol. The molecule has 0 unspecified atom stereocenters. The molecule has 0 aliphatic heterocycles. The van der Waals surface area contributed by atoms with Gasteiger partial charge < -0.3 is 4.90 Å². The highest BCUT2D eigenvalue weighted by Crippen LogP contribution is 2.23. The van der Waals surface area contributed by atoms with E-state index in [0.717, 1.165) is 23.6 Å². The Kier molecular flexibility index (Phi) is 4.58. The second-order valence-corrected chi connectivity index (χ2v) is 6.17. The topological polar surface area (TPSA) is 38.1 Å². The molecule has 122 valence electrons. The van der Waals surface area contributed by atoms with Gasteiger partial charge in [-0.15, -0.1) is 0 Å². The van der Waals surface area contributed by atoms with Gasteiger partial charge in [-0.2, -0.15) is 0 Å². The van der Waals surface area contributed by atoms with Crippen LogP contribution >= 0.6 is 0 Å². The number of hydrogen-bond acceptors (Lipinski definition) is 3. The van der Waals surface area contributed by atoms with Gasteiger partial charge in [0.25, 0.3) is 0 Å². The Morgan fingerprint density at radius 2 is 1.92 bits per heavy atom. The number of carbonyl (C=O) groups excluding carboxylic acids is 1. The molecule has 0 amide bonds. The van der Waals surface area contributed by atoms with Crippen LogP contribution in [-0.2, 0) is 6.54 Å². The summed E-state index contributed by atoms with van der Waals surface area (Å²) in [7, 11) is 4.11. The fraction of sp³-hybridized carbons (Fsp3) is 0.200. The maximum absolute atomic E-state index is 11.6. The quantitative estimate of drug-likeness (QED) is 0.671. The number of benzene rings is 2. The summed E-state index contributed by atoms with van der Waals surface area (Å²) in [6, 6.07) is 16.0. The number of imidazole rings is 1. The molecule has 0 saturated carbocycles. The monoisotopic (exact) mass is 319 g/mol. The van der Waals surface area contributed by atoms with Crippen molar-refractivity contribution >= 4 is 5.78 Å². The van der Waals surface area contributed by atoms with Gasteiger partial charge in [-0.3, -0.25) is 9.36 Å². The molecule has 0 N–H and O–H groups in total. The Labute approximate surface area is 142 Å². The van der Waals surface area contributed by atoms with E-state index in [9.17, 15) is 4.79 Å². The molecule has 3 aromatic rings. The number of rotatable bonds is 5. The minimum atomic E-state index is 0.0616. The zero-order chi connectivity index (χ0) is 17.1. The molecule has 0 spiro atoms. The van der Waals surface area contributed by atoms with Crippen LogP contribution in [0, 0.1) is 0 Å². The number of hydrogen-bond donors (Lipinski definition) is 0. The molecule has 0 aliphatic rings. The third-order valence-corrected chi connectivity index (χ3v) is 3.86. The third kappa shape index (κ3) is 3.44. The molecule has 0 atom stereocenters. The van der Waals surface area contributed by atoms with Crippen LogP contribution in [-0.4, -0.2) is 34.3 Å². The Morgan fingerprint density at radius 1 is 1.12 bits per heavy atom. The van der Waals surface area contributed by atoms with Crippen LogP contribution in [0.15, 0.2) is 60.9 Å². The van der Waals surface area contributed by atoms with Gasteiger partial charge in [0.1, 0.15) is 5.82 Å². The number of aromatic nitrogens is 2. The van der Waals surface area contributed by atoms with E-state index < -0.39 is 0 Å². The van der Waals surface area contributed by atoms with Gasteiger partial charge in [0.2, 0.25) is 0 Å². The lowest BCUT2D eigenvalue weighted by atomic mass is 10.1. The summed E-state index contributed by atoms with van der Waals surface area (Å²) in [6.07, 6.45) is 3.71. The Bertz CT molecular complexity index is 865. The third-order valence-electron chi connectivity index (χ3n) is 3.86. The summed E-state index contributed by atoms with van der Waals surface area (Å²) in [5, 5.41) is 0. The summed E-state index contributed by atoms with van der Waals surface area (Å²) in [5.74, 6) is 0.933. The van der Waals surface area contributed by atoms with E-state index in [0.29, 0.717) is 5.56 Å². The van der Waals surface area contributed by atoms with E-state index >= 15 is 0 Å². The van der Waals surface area contributed by atoms with Crippen LogP contribution in [0.25, 0.3) is 17.1 Å². The molecular formula is C20H21N3O. The number of ketones is 1. The number of Topliss-reactive ketones (excluding diaryl/α,β-unsaturated/α-hetero) is 1.